The number of esters is 1. The van der Waals surface area contributed by atoms with Gasteiger partial charge < -0.3 is 14.5 Å². The van der Waals surface area contributed by atoms with Crippen molar-refractivity contribution < 1.29 is 28.4 Å². The van der Waals surface area contributed by atoms with Crippen molar-refractivity contribution in [1.29, 1.82) is 0 Å². The van der Waals surface area contributed by atoms with Crippen molar-refractivity contribution in [3.05, 3.63) is 0 Å². The molecule has 0 spiro atoms. The van der Waals surface area contributed by atoms with E-state index >= 15 is 0 Å². The van der Waals surface area contributed by atoms with Crippen LogP contribution in [-0.2, 0) is 18.6 Å². The van der Waals surface area contributed by atoms with Crippen LogP contribution in [0.3, 0.4) is 0 Å². The highest BCUT2D eigenvalue weighted by Crippen LogP contribution is 2.38. The van der Waals surface area contributed by atoms with E-state index in [1.165, 1.54) is 6.92 Å². The summed E-state index contributed by atoms with van der Waals surface area (Å²) in [6.45, 7) is 6.11. The quantitative estimate of drug-likeness (QED) is 0.424. The van der Waals surface area contributed by atoms with Crippen LogP contribution in [0.2, 0.25) is 0 Å². The van der Waals surface area contributed by atoms with Gasteiger partial charge in [-0.25, -0.2) is 9.09 Å². The van der Waals surface area contributed by atoms with E-state index in [0.29, 0.717) is 0 Å². The Labute approximate surface area is 82.5 Å². The van der Waals surface area contributed by atoms with Crippen LogP contribution in [0.15, 0.2) is 0 Å². The maximum Gasteiger partial charge on any atom is 0.472 e. The van der Waals surface area contributed by atoms with Gasteiger partial charge in [0.05, 0.1) is 5.41 Å². The number of phosphoric ester groups is 1. The molecular formula is C7H15O6P. The lowest BCUT2D eigenvalue weighted by atomic mass is 9.97. The molecule has 0 aromatic carbocycles. The Kier molecular flexibility index (Phi) is 4.27. The largest absolute Gasteiger partial charge is 0.472 e. The first kappa shape index (κ1) is 13.6. The number of carbonyl (C=O) groups is 1. The zero-order valence-electron chi connectivity index (χ0n) is 8.55. The molecule has 0 saturated carbocycles. The summed E-state index contributed by atoms with van der Waals surface area (Å²) in [6, 6.07) is 0. The molecular weight excluding hydrogens is 211 g/mol. The SMILES string of the molecule is CC(OC(=O)C(C)(C)C)OP(=O)(O)O. The molecule has 14 heavy (non-hydrogen) atoms. The minimum atomic E-state index is -4.61. The fourth-order valence-electron chi connectivity index (χ4n) is 0.542. The number of ether oxygens (including phenoxy) is 1. The van der Waals surface area contributed by atoms with Gasteiger partial charge in [-0.15, -0.1) is 0 Å². The summed E-state index contributed by atoms with van der Waals surface area (Å²) in [4.78, 5) is 28.0. The first-order valence-electron chi connectivity index (χ1n) is 3.97. The Balaban J connectivity index is 4.15. The molecule has 0 bridgehead atoms. The maximum absolute atomic E-state index is 11.2. The van der Waals surface area contributed by atoms with Crippen LogP contribution in [0.4, 0.5) is 0 Å². The molecule has 0 aromatic heterocycles. The number of hydrogen-bond acceptors (Lipinski definition) is 4. The maximum atomic E-state index is 11.2. The molecule has 0 rings (SSSR count). The van der Waals surface area contributed by atoms with Gasteiger partial charge >= 0.3 is 13.8 Å². The molecule has 84 valence electrons. The normalized spacial score (nSPS) is 15.0. The molecule has 0 saturated heterocycles. The lowest BCUT2D eigenvalue weighted by Gasteiger charge is -2.20. The molecule has 1 atom stereocenters. The van der Waals surface area contributed by atoms with Crippen LogP contribution in [-0.4, -0.2) is 22.0 Å². The summed E-state index contributed by atoms with van der Waals surface area (Å²) in [5.74, 6) is -0.585. The van der Waals surface area contributed by atoms with Gasteiger partial charge in [-0.3, -0.25) is 4.79 Å². The first-order chi connectivity index (χ1) is 6.02. The Hall–Kier alpha value is -0.420. The van der Waals surface area contributed by atoms with Gasteiger partial charge in [0.1, 0.15) is 0 Å². The molecule has 0 heterocycles. The predicted octanol–water partition coefficient (Wildman–Crippen LogP) is 1.03. The second kappa shape index (κ2) is 4.40. The number of hydrogen-bond donors (Lipinski definition) is 2. The van der Waals surface area contributed by atoms with E-state index in [1.807, 2.05) is 0 Å². The van der Waals surface area contributed by atoms with Crippen LogP contribution in [0.25, 0.3) is 0 Å². The summed E-state index contributed by atoms with van der Waals surface area (Å²) in [5, 5.41) is 0. The highest BCUT2D eigenvalue weighted by molar-refractivity contribution is 7.46. The Morgan fingerprint density at radius 2 is 1.79 bits per heavy atom. The van der Waals surface area contributed by atoms with E-state index in [-0.39, 0.29) is 0 Å². The van der Waals surface area contributed by atoms with Crippen LogP contribution >= 0.6 is 7.82 Å². The monoisotopic (exact) mass is 226 g/mol. The molecule has 6 nitrogen and oxygen atoms in total. The third-order valence-electron chi connectivity index (χ3n) is 1.17. The highest BCUT2D eigenvalue weighted by Gasteiger charge is 2.28. The molecule has 0 aliphatic carbocycles. The smallest absolute Gasteiger partial charge is 0.435 e. The van der Waals surface area contributed by atoms with Gasteiger partial charge in [-0.1, -0.05) is 0 Å². The van der Waals surface area contributed by atoms with Gasteiger partial charge in [0.15, 0.2) is 0 Å². The van der Waals surface area contributed by atoms with Crippen LogP contribution in [0, 0.1) is 5.41 Å². The summed E-state index contributed by atoms with van der Waals surface area (Å²) in [5.41, 5.74) is -0.730. The molecule has 2 N–H and O–H groups in total. The fourth-order valence-corrected chi connectivity index (χ4v) is 0.972. The molecule has 0 fully saturated rings. The highest BCUT2D eigenvalue weighted by atomic mass is 31.2. The predicted molar refractivity (Wildman–Crippen MR) is 48.1 cm³/mol. The first-order valence-corrected chi connectivity index (χ1v) is 5.50. The van der Waals surface area contributed by atoms with Crippen molar-refractivity contribution in [3.63, 3.8) is 0 Å². The van der Waals surface area contributed by atoms with E-state index in [1.54, 1.807) is 20.8 Å². The number of phosphoric acid groups is 1. The van der Waals surface area contributed by atoms with E-state index in [0.717, 1.165) is 0 Å². The topological polar surface area (TPSA) is 93.1 Å². The molecule has 0 aromatic rings. The standard InChI is InChI=1S/C7H15O6P/c1-5(13-14(9,10)11)12-6(8)7(2,3)4/h5H,1-4H3,(H2,9,10,11). The summed E-state index contributed by atoms with van der Waals surface area (Å²) < 4.78 is 19.1. The van der Waals surface area contributed by atoms with E-state index in [4.69, 9.17) is 9.79 Å². The van der Waals surface area contributed by atoms with E-state index in [9.17, 15) is 9.36 Å². The minimum absolute atomic E-state index is 0.585. The van der Waals surface area contributed by atoms with Crippen molar-refractivity contribution in [2.75, 3.05) is 0 Å². The van der Waals surface area contributed by atoms with Crippen LogP contribution in [0.5, 0.6) is 0 Å². The second-order valence-corrected chi connectivity index (χ2v) is 5.01. The average Bonchev–Trinajstić information content (AvgIpc) is 1.79. The van der Waals surface area contributed by atoms with Crippen molar-refractivity contribution in [2.24, 2.45) is 5.41 Å². The summed E-state index contributed by atoms with van der Waals surface area (Å²) in [7, 11) is -4.61. The van der Waals surface area contributed by atoms with Crippen molar-refractivity contribution in [1.82, 2.24) is 0 Å². The van der Waals surface area contributed by atoms with Gasteiger partial charge in [0.25, 0.3) is 0 Å². The zero-order valence-corrected chi connectivity index (χ0v) is 9.45. The van der Waals surface area contributed by atoms with Crippen molar-refractivity contribution in [3.8, 4) is 0 Å². The van der Waals surface area contributed by atoms with E-state index < -0.39 is 25.5 Å². The van der Waals surface area contributed by atoms with Crippen LogP contribution < -0.4 is 0 Å². The Morgan fingerprint density at radius 3 is 2.07 bits per heavy atom. The zero-order chi connectivity index (χ0) is 11.6. The fraction of sp³-hybridized carbons (Fsp3) is 0.857. The molecule has 7 heteroatoms. The summed E-state index contributed by atoms with van der Waals surface area (Å²) >= 11 is 0. The Bertz CT molecular complexity index is 249. The lowest BCUT2D eigenvalue weighted by molar-refractivity contribution is -0.172. The van der Waals surface area contributed by atoms with Crippen molar-refractivity contribution in [2.45, 2.75) is 34.0 Å². The molecule has 0 amide bonds. The van der Waals surface area contributed by atoms with Gasteiger partial charge in [0, 0.05) is 0 Å². The molecule has 0 aliphatic rings. The van der Waals surface area contributed by atoms with Gasteiger partial charge in [-0.05, 0) is 27.7 Å². The molecule has 1 unspecified atom stereocenters. The third-order valence-corrected chi connectivity index (χ3v) is 1.74. The van der Waals surface area contributed by atoms with Gasteiger partial charge in [0.2, 0.25) is 6.29 Å². The number of carbonyl (C=O) groups excluding carboxylic acids is 1. The van der Waals surface area contributed by atoms with Crippen LogP contribution in [0.1, 0.15) is 27.7 Å². The van der Waals surface area contributed by atoms with Gasteiger partial charge in [-0.2, -0.15) is 0 Å². The second-order valence-electron chi connectivity index (χ2n) is 3.82. The summed E-state index contributed by atoms with van der Waals surface area (Å²) in [6.07, 6.45) is -1.26. The third kappa shape index (κ3) is 6.10. The Morgan fingerprint density at radius 1 is 1.36 bits per heavy atom. The van der Waals surface area contributed by atoms with E-state index in [2.05, 4.69) is 9.26 Å². The average molecular weight is 226 g/mol. The molecule has 0 aliphatic heterocycles. The molecule has 0 radical (unpaired) electrons. The van der Waals surface area contributed by atoms with Crippen molar-refractivity contribution >= 4 is 13.8 Å². The lowest BCUT2D eigenvalue weighted by Crippen LogP contribution is -2.27. The minimum Gasteiger partial charge on any atom is -0.435 e. The number of rotatable bonds is 3.